The molecule has 0 aromatic heterocycles. The lowest BCUT2D eigenvalue weighted by molar-refractivity contribution is -0.308. The lowest BCUT2D eigenvalue weighted by atomic mass is 9.91. The predicted octanol–water partition coefficient (Wildman–Crippen LogP) is 3.50. The maximum absolute atomic E-state index is 11.3. The van der Waals surface area contributed by atoms with E-state index in [1.54, 1.807) is 0 Å². The summed E-state index contributed by atoms with van der Waals surface area (Å²) < 4.78 is 0. The molecule has 0 aliphatic heterocycles. The molecular weight excluding hydrogens is 368 g/mol. The zero-order chi connectivity index (χ0) is 21.4. The number of aliphatic carboxylic acids is 1. The van der Waals surface area contributed by atoms with Gasteiger partial charge < -0.3 is 25.2 Å². The van der Waals surface area contributed by atoms with E-state index in [4.69, 9.17) is 0 Å². The lowest BCUT2D eigenvalue weighted by Gasteiger charge is -2.19. The molecule has 0 fully saturated rings. The summed E-state index contributed by atoms with van der Waals surface area (Å²) in [4.78, 5) is 11.3. The summed E-state index contributed by atoms with van der Waals surface area (Å²) in [6.07, 6.45) is 0.0270. The van der Waals surface area contributed by atoms with Gasteiger partial charge in [-0.3, -0.25) is 0 Å². The van der Waals surface area contributed by atoms with E-state index in [-0.39, 0.29) is 23.7 Å². The Labute approximate surface area is 170 Å². The van der Waals surface area contributed by atoms with Crippen LogP contribution in [0, 0.1) is 6.92 Å². The van der Waals surface area contributed by atoms with E-state index in [1.165, 1.54) is 42.0 Å². The molecule has 2 atom stereocenters. The largest absolute Gasteiger partial charge is 0.549 e. The molecule has 0 saturated carbocycles. The molecular formula is C24H24O5. The minimum atomic E-state index is -1.27. The van der Waals surface area contributed by atoms with Crippen LogP contribution >= 0.6 is 0 Å². The summed E-state index contributed by atoms with van der Waals surface area (Å²) in [6.45, 7) is 6.00. The molecule has 0 aliphatic rings. The molecule has 0 spiro atoms. The number of phenols is 3. The van der Waals surface area contributed by atoms with Gasteiger partial charge in [0.25, 0.3) is 0 Å². The normalized spacial score (nSPS) is 12.3. The number of aromatic hydroxyl groups is 3. The number of carbonyl (C=O) groups is 1. The number of hydrogen-bond donors (Lipinski definition) is 3. The van der Waals surface area contributed by atoms with Crippen LogP contribution in [-0.4, -0.2) is 21.3 Å². The fourth-order valence-electron chi connectivity index (χ4n) is 2.77. The van der Waals surface area contributed by atoms with Crippen molar-refractivity contribution in [3.05, 3.63) is 96.4 Å². The van der Waals surface area contributed by atoms with Crippen molar-refractivity contribution in [3.8, 4) is 17.2 Å². The fraction of sp³-hybridized carbons (Fsp3) is 0.167. The van der Waals surface area contributed by atoms with E-state index in [0.29, 0.717) is 17.0 Å². The Morgan fingerprint density at radius 2 is 1.48 bits per heavy atom. The number of carboxylic acids is 1. The first kappa shape index (κ1) is 21.7. The number of benzene rings is 3. The first-order valence-corrected chi connectivity index (χ1v) is 9.16. The van der Waals surface area contributed by atoms with Crippen LogP contribution in [0.2, 0.25) is 0 Å². The molecule has 3 aromatic rings. The van der Waals surface area contributed by atoms with E-state index in [2.05, 4.69) is 26.0 Å². The zero-order valence-corrected chi connectivity index (χ0v) is 16.2. The van der Waals surface area contributed by atoms with Gasteiger partial charge in [-0.2, -0.15) is 0 Å². The van der Waals surface area contributed by atoms with E-state index in [0.717, 1.165) is 6.07 Å². The third-order valence-electron chi connectivity index (χ3n) is 4.44. The molecule has 0 aliphatic carbocycles. The second kappa shape index (κ2) is 10.1. The standard InChI is InChI=1S/C15H14O5.C9H11/c16-11-4-1-9(2-5-11)13(15(19)20)7-10-3-6-12(17)8-14(10)18;1-8(2)9-6-4-3-5-7-9/h1-6,8,13,16-18H,7H2,(H,19,20);3-8H,1H2,2H3/q;+1/p-1/t13-;8-/m01/s1. The van der Waals surface area contributed by atoms with E-state index < -0.39 is 11.9 Å². The van der Waals surface area contributed by atoms with E-state index in [1.807, 2.05) is 18.2 Å². The monoisotopic (exact) mass is 392 g/mol. The minimum Gasteiger partial charge on any atom is -0.549 e. The van der Waals surface area contributed by atoms with E-state index >= 15 is 0 Å². The van der Waals surface area contributed by atoms with Gasteiger partial charge in [-0.1, -0.05) is 48.5 Å². The maximum Gasteiger partial charge on any atom is 0.122 e. The molecule has 5 nitrogen and oxygen atoms in total. The molecule has 3 rings (SSSR count). The van der Waals surface area contributed by atoms with Gasteiger partial charge in [-0.05, 0) is 48.2 Å². The molecule has 0 saturated heterocycles. The van der Waals surface area contributed by atoms with Crippen molar-refractivity contribution < 1.29 is 25.2 Å². The number of carboxylic acid groups (broad SMARTS) is 1. The van der Waals surface area contributed by atoms with Crippen molar-refractivity contribution in [3.63, 3.8) is 0 Å². The third kappa shape index (κ3) is 6.50. The molecule has 0 bridgehead atoms. The average Bonchev–Trinajstić information content (AvgIpc) is 2.69. The molecule has 0 amide bonds. The Kier molecular flexibility index (Phi) is 7.54. The van der Waals surface area contributed by atoms with Crippen LogP contribution in [0.25, 0.3) is 0 Å². The van der Waals surface area contributed by atoms with E-state index in [9.17, 15) is 25.2 Å². The highest BCUT2D eigenvalue weighted by molar-refractivity contribution is 5.74. The van der Waals surface area contributed by atoms with Crippen molar-refractivity contribution in [1.29, 1.82) is 0 Å². The third-order valence-corrected chi connectivity index (χ3v) is 4.44. The molecule has 5 heteroatoms. The van der Waals surface area contributed by atoms with Gasteiger partial charge >= 0.3 is 0 Å². The molecule has 3 N–H and O–H groups in total. The molecule has 0 heterocycles. The molecule has 150 valence electrons. The van der Waals surface area contributed by atoms with Gasteiger partial charge in [0, 0.05) is 18.0 Å². The van der Waals surface area contributed by atoms with Gasteiger partial charge in [0.15, 0.2) is 0 Å². The first-order valence-electron chi connectivity index (χ1n) is 9.16. The number of phenolic OH excluding ortho intramolecular Hbond substituents is 3. The topological polar surface area (TPSA) is 101 Å². The highest BCUT2D eigenvalue weighted by Gasteiger charge is 2.16. The second-order valence-corrected chi connectivity index (χ2v) is 6.79. The van der Waals surface area contributed by atoms with Gasteiger partial charge in [-0.25, -0.2) is 0 Å². The summed E-state index contributed by atoms with van der Waals surface area (Å²) in [5, 5.41) is 39.4. The van der Waals surface area contributed by atoms with Crippen LogP contribution in [-0.2, 0) is 11.2 Å². The van der Waals surface area contributed by atoms with Crippen LogP contribution in [0.5, 0.6) is 17.2 Å². The van der Waals surface area contributed by atoms with Crippen molar-refractivity contribution in [2.45, 2.75) is 25.2 Å². The van der Waals surface area contributed by atoms with Crippen molar-refractivity contribution in [1.82, 2.24) is 0 Å². The molecule has 3 aromatic carbocycles. The van der Waals surface area contributed by atoms with Gasteiger partial charge in [0.1, 0.15) is 23.2 Å². The van der Waals surface area contributed by atoms with Crippen LogP contribution in [0.1, 0.15) is 35.4 Å². The van der Waals surface area contributed by atoms with Gasteiger partial charge in [-0.15, -0.1) is 0 Å². The number of rotatable bonds is 5. The average molecular weight is 392 g/mol. The van der Waals surface area contributed by atoms with Crippen molar-refractivity contribution in [2.75, 3.05) is 0 Å². The number of carbonyl (C=O) groups excluding carboxylic acids is 1. The predicted molar refractivity (Wildman–Crippen MR) is 110 cm³/mol. The van der Waals surface area contributed by atoms with Crippen LogP contribution in [0.4, 0.5) is 0 Å². The SMILES string of the molecule is O=C([O-])[C@@H](Cc1ccc(O)cc1O)c1ccc(O)cc1.[CH2+][C@H](C)c1ccccc1. The summed E-state index contributed by atoms with van der Waals surface area (Å²) in [7, 11) is 0. The minimum absolute atomic E-state index is 0.0270. The lowest BCUT2D eigenvalue weighted by Crippen LogP contribution is -2.31. The van der Waals surface area contributed by atoms with Gasteiger partial charge in [0.2, 0.25) is 0 Å². The van der Waals surface area contributed by atoms with Crippen LogP contribution in [0.3, 0.4) is 0 Å². The second-order valence-electron chi connectivity index (χ2n) is 6.79. The summed E-state index contributed by atoms with van der Waals surface area (Å²) in [5.41, 5.74) is 2.16. The summed E-state index contributed by atoms with van der Waals surface area (Å²) in [6, 6.07) is 20.0. The van der Waals surface area contributed by atoms with Crippen LogP contribution < -0.4 is 5.11 Å². The van der Waals surface area contributed by atoms with Crippen molar-refractivity contribution in [2.24, 2.45) is 0 Å². The first-order chi connectivity index (χ1) is 13.8. The Morgan fingerprint density at radius 3 is 1.97 bits per heavy atom. The highest BCUT2D eigenvalue weighted by Crippen LogP contribution is 2.29. The maximum atomic E-state index is 11.3. The van der Waals surface area contributed by atoms with Crippen LogP contribution in [0.15, 0.2) is 72.8 Å². The Bertz CT molecular complexity index is 918. The summed E-state index contributed by atoms with van der Waals surface area (Å²) in [5.74, 6) is -2.05. The Morgan fingerprint density at radius 1 is 0.897 bits per heavy atom. The summed E-state index contributed by atoms with van der Waals surface area (Å²) >= 11 is 0. The molecule has 0 radical (unpaired) electrons. The fourth-order valence-corrected chi connectivity index (χ4v) is 2.77. The Balaban J connectivity index is 0.000000278. The van der Waals surface area contributed by atoms with Crippen molar-refractivity contribution >= 4 is 5.97 Å². The molecule has 29 heavy (non-hydrogen) atoms. The molecule has 0 unspecified atom stereocenters. The zero-order valence-electron chi connectivity index (χ0n) is 16.2. The quantitative estimate of drug-likeness (QED) is 0.577. The Hall–Kier alpha value is -3.60. The highest BCUT2D eigenvalue weighted by atomic mass is 16.4. The van der Waals surface area contributed by atoms with Gasteiger partial charge in [0.05, 0.1) is 6.92 Å². The smallest absolute Gasteiger partial charge is 0.122 e. The number of hydrogen-bond acceptors (Lipinski definition) is 5.